The predicted octanol–water partition coefficient (Wildman–Crippen LogP) is 2.10. The van der Waals surface area contributed by atoms with E-state index in [4.69, 9.17) is 5.26 Å². The van der Waals surface area contributed by atoms with Gasteiger partial charge in [0.15, 0.2) is 0 Å². The van der Waals surface area contributed by atoms with Crippen molar-refractivity contribution in [1.82, 2.24) is 0 Å². The maximum atomic E-state index is 12.7. The SMILES string of the molecule is C=C(C#N)C(=O)OC(F)(C(F)F)C(F)(F)F. The van der Waals surface area contributed by atoms with Crippen LogP contribution in [0.25, 0.3) is 0 Å². The Hall–Kier alpha value is -1.72. The molecular formula is C7H3F6NO2. The van der Waals surface area contributed by atoms with E-state index in [0.717, 1.165) is 6.07 Å². The molecule has 0 aliphatic heterocycles. The third kappa shape index (κ3) is 2.65. The topological polar surface area (TPSA) is 50.1 Å². The molecule has 0 saturated heterocycles. The van der Waals surface area contributed by atoms with E-state index in [0.29, 0.717) is 0 Å². The predicted molar refractivity (Wildman–Crippen MR) is 36.7 cm³/mol. The lowest BCUT2D eigenvalue weighted by Gasteiger charge is -2.26. The molecule has 0 aromatic heterocycles. The molecule has 0 aromatic rings. The minimum atomic E-state index is -6.12. The van der Waals surface area contributed by atoms with Gasteiger partial charge in [0.05, 0.1) is 0 Å². The van der Waals surface area contributed by atoms with Gasteiger partial charge in [0.2, 0.25) is 0 Å². The molecule has 0 saturated carbocycles. The monoisotopic (exact) mass is 247 g/mol. The van der Waals surface area contributed by atoms with E-state index in [1.165, 1.54) is 0 Å². The van der Waals surface area contributed by atoms with Gasteiger partial charge >= 0.3 is 24.4 Å². The molecule has 0 amide bonds. The lowest BCUT2D eigenvalue weighted by molar-refractivity contribution is -0.354. The quantitative estimate of drug-likeness (QED) is 0.332. The van der Waals surface area contributed by atoms with Gasteiger partial charge in [-0.1, -0.05) is 6.58 Å². The molecule has 1 atom stereocenters. The number of nitrogens with zero attached hydrogens (tertiary/aromatic N) is 1. The first-order valence-electron chi connectivity index (χ1n) is 3.42. The van der Waals surface area contributed by atoms with E-state index >= 15 is 0 Å². The van der Waals surface area contributed by atoms with Crippen LogP contribution in [0.4, 0.5) is 26.3 Å². The first-order valence-corrected chi connectivity index (χ1v) is 3.42. The normalized spacial score (nSPS) is 15.1. The van der Waals surface area contributed by atoms with E-state index < -0.39 is 30.0 Å². The minimum absolute atomic E-state index is 0.930. The van der Waals surface area contributed by atoms with Crippen LogP contribution in [0.5, 0.6) is 0 Å². The van der Waals surface area contributed by atoms with Crippen molar-refractivity contribution in [2.45, 2.75) is 18.5 Å². The van der Waals surface area contributed by atoms with Crippen molar-refractivity contribution in [2.24, 2.45) is 0 Å². The number of hydrogen-bond acceptors (Lipinski definition) is 3. The van der Waals surface area contributed by atoms with Crippen LogP contribution in [0.2, 0.25) is 0 Å². The zero-order valence-electron chi connectivity index (χ0n) is 7.32. The minimum Gasteiger partial charge on any atom is -0.411 e. The molecule has 0 bridgehead atoms. The lowest BCUT2D eigenvalue weighted by Crippen LogP contribution is -2.51. The van der Waals surface area contributed by atoms with E-state index in [-0.39, 0.29) is 0 Å². The van der Waals surface area contributed by atoms with Gasteiger partial charge in [0.25, 0.3) is 0 Å². The van der Waals surface area contributed by atoms with Crippen LogP contribution < -0.4 is 0 Å². The summed E-state index contributed by atoms with van der Waals surface area (Å²) in [5.41, 5.74) is -1.23. The highest BCUT2D eigenvalue weighted by Gasteiger charge is 2.67. The molecule has 0 radical (unpaired) electrons. The van der Waals surface area contributed by atoms with Crippen molar-refractivity contribution >= 4 is 5.97 Å². The summed E-state index contributed by atoms with van der Waals surface area (Å²) in [6, 6.07) is 0.930. The van der Waals surface area contributed by atoms with Crippen LogP contribution in [-0.2, 0) is 9.53 Å². The Labute approximate surface area is 84.9 Å². The molecule has 0 rings (SSSR count). The van der Waals surface area contributed by atoms with E-state index in [2.05, 4.69) is 11.3 Å². The fraction of sp³-hybridized carbons (Fsp3) is 0.429. The summed E-state index contributed by atoms with van der Waals surface area (Å²) in [5, 5.41) is 8.00. The van der Waals surface area contributed by atoms with Crippen LogP contribution in [0.15, 0.2) is 12.2 Å². The van der Waals surface area contributed by atoms with Crippen molar-refractivity contribution in [3.05, 3.63) is 12.2 Å². The zero-order valence-corrected chi connectivity index (χ0v) is 7.32. The Kier molecular flexibility index (Phi) is 3.95. The molecule has 9 heteroatoms. The average Bonchev–Trinajstić information content (AvgIpc) is 2.14. The summed E-state index contributed by atoms with van der Waals surface area (Å²) in [4.78, 5) is 10.5. The Morgan fingerprint density at radius 2 is 1.75 bits per heavy atom. The van der Waals surface area contributed by atoms with Gasteiger partial charge in [-0.2, -0.15) is 22.8 Å². The molecule has 3 nitrogen and oxygen atoms in total. The number of hydrogen-bond donors (Lipinski definition) is 0. The highest BCUT2D eigenvalue weighted by atomic mass is 19.4. The number of esters is 1. The number of carbonyl (C=O) groups excluding carboxylic acids is 1. The molecule has 0 spiro atoms. The molecule has 1 unspecified atom stereocenters. The first-order chi connectivity index (χ1) is 7.06. The number of ether oxygens (including phenoxy) is 1. The molecule has 0 aromatic carbocycles. The fourth-order valence-electron chi connectivity index (χ4n) is 0.468. The summed E-state index contributed by atoms with van der Waals surface area (Å²) >= 11 is 0. The highest BCUT2D eigenvalue weighted by molar-refractivity contribution is 5.92. The van der Waals surface area contributed by atoms with Crippen LogP contribution >= 0.6 is 0 Å². The summed E-state index contributed by atoms with van der Waals surface area (Å²) in [6.07, 6.45) is -10.8. The lowest BCUT2D eigenvalue weighted by atomic mass is 10.3. The summed E-state index contributed by atoms with van der Waals surface area (Å²) in [5.74, 6) is -7.66. The van der Waals surface area contributed by atoms with Crippen molar-refractivity contribution < 1.29 is 35.9 Å². The Balaban J connectivity index is 5.08. The van der Waals surface area contributed by atoms with Crippen LogP contribution in [0.3, 0.4) is 0 Å². The van der Waals surface area contributed by atoms with Crippen LogP contribution in [-0.4, -0.2) is 24.4 Å². The van der Waals surface area contributed by atoms with E-state index in [1.807, 2.05) is 0 Å². The second-order valence-electron chi connectivity index (χ2n) is 2.42. The number of alkyl halides is 6. The Morgan fingerprint density at radius 1 is 1.31 bits per heavy atom. The van der Waals surface area contributed by atoms with Crippen molar-refractivity contribution in [1.29, 1.82) is 5.26 Å². The van der Waals surface area contributed by atoms with Gasteiger partial charge in [-0.05, 0) is 0 Å². The smallest absolute Gasteiger partial charge is 0.411 e. The van der Waals surface area contributed by atoms with Gasteiger partial charge in [-0.3, -0.25) is 0 Å². The Morgan fingerprint density at radius 3 is 2.00 bits per heavy atom. The molecule has 90 valence electrons. The van der Waals surface area contributed by atoms with Crippen LogP contribution in [0.1, 0.15) is 0 Å². The van der Waals surface area contributed by atoms with Crippen LogP contribution in [0, 0.1) is 11.3 Å². The largest absolute Gasteiger partial charge is 0.466 e. The second-order valence-corrected chi connectivity index (χ2v) is 2.42. The van der Waals surface area contributed by atoms with Gasteiger partial charge < -0.3 is 4.74 Å². The maximum Gasteiger partial charge on any atom is 0.466 e. The Bertz CT molecular complexity index is 344. The highest BCUT2D eigenvalue weighted by Crippen LogP contribution is 2.40. The third-order valence-corrected chi connectivity index (χ3v) is 1.29. The molecule has 16 heavy (non-hydrogen) atoms. The fourth-order valence-corrected chi connectivity index (χ4v) is 0.468. The van der Waals surface area contributed by atoms with Gasteiger partial charge in [-0.15, -0.1) is 0 Å². The number of halogens is 6. The van der Waals surface area contributed by atoms with E-state index in [9.17, 15) is 31.1 Å². The van der Waals surface area contributed by atoms with Gasteiger partial charge in [0.1, 0.15) is 11.6 Å². The molecule has 0 N–H and O–H groups in total. The zero-order chi connectivity index (χ0) is 13.1. The first kappa shape index (κ1) is 14.3. The van der Waals surface area contributed by atoms with Gasteiger partial charge in [-0.25, -0.2) is 13.6 Å². The third-order valence-electron chi connectivity index (χ3n) is 1.29. The summed E-state index contributed by atoms with van der Waals surface area (Å²) < 4.78 is 74.8. The average molecular weight is 247 g/mol. The second kappa shape index (κ2) is 4.42. The number of nitriles is 1. The van der Waals surface area contributed by atoms with E-state index in [1.54, 1.807) is 0 Å². The van der Waals surface area contributed by atoms with Crippen molar-refractivity contribution in [2.75, 3.05) is 0 Å². The molecule has 0 heterocycles. The van der Waals surface area contributed by atoms with Gasteiger partial charge in [0, 0.05) is 0 Å². The summed E-state index contributed by atoms with van der Waals surface area (Å²) in [6.45, 7) is 2.58. The maximum absolute atomic E-state index is 12.7. The molecular weight excluding hydrogens is 244 g/mol. The standard InChI is InChI=1S/C7H3F6NO2/c1-3(2-14)4(15)16-6(10,5(8)9)7(11,12)13/h5H,1H2. The molecule has 0 fully saturated rings. The summed E-state index contributed by atoms with van der Waals surface area (Å²) in [7, 11) is 0. The number of rotatable bonds is 3. The molecule has 0 aliphatic carbocycles. The molecule has 0 aliphatic rings. The van der Waals surface area contributed by atoms with Crippen molar-refractivity contribution in [3.63, 3.8) is 0 Å². The van der Waals surface area contributed by atoms with Crippen molar-refractivity contribution in [3.8, 4) is 6.07 Å². The number of carbonyl (C=O) groups is 1.